The molecule has 1 unspecified atom stereocenters. The van der Waals surface area contributed by atoms with E-state index < -0.39 is 17.4 Å². The quantitative estimate of drug-likeness (QED) is 0.706. The molecule has 0 radical (unpaired) electrons. The van der Waals surface area contributed by atoms with Gasteiger partial charge < -0.3 is 19.7 Å². The number of amides is 2. The van der Waals surface area contributed by atoms with Crippen LogP contribution in [0.5, 0.6) is 5.75 Å². The van der Waals surface area contributed by atoms with Crippen molar-refractivity contribution >= 4 is 17.6 Å². The zero-order chi connectivity index (χ0) is 16.3. The van der Waals surface area contributed by atoms with Crippen LogP contribution >= 0.6 is 0 Å². The van der Waals surface area contributed by atoms with Gasteiger partial charge in [-0.05, 0) is 6.07 Å². The summed E-state index contributed by atoms with van der Waals surface area (Å²) in [5, 5.41) is 18.9. The number of hydrogen-bond donors (Lipinski definition) is 3. The summed E-state index contributed by atoms with van der Waals surface area (Å²) in [5.74, 6) is -1.05. The molecular formula is C15H15N3O5. The van der Waals surface area contributed by atoms with Crippen molar-refractivity contribution in [2.24, 2.45) is 0 Å². The second kappa shape index (κ2) is 6.09. The molecule has 0 saturated heterocycles. The maximum absolute atomic E-state index is 11.8. The van der Waals surface area contributed by atoms with Gasteiger partial charge in [0.2, 0.25) is 0 Å². The van der Waals surface area contributed by atoms with E-state index in [0.29, 0.717) is 24.3 Å². The van der Waals surface area contributed by atoms with Crippen LogP contribution in [0.2, 0.25) is 0 Å². The topological polar surface area (TPSA) is 114 Å². The molecule has 0 saturated carbocycles. The summed E-state index contributed by atoms with van der Waals surface area (Å²) in [4.78, 5) is 23.6. The first kappa shape index (κ1) is 15.0. The Hall–Kier alpha value is -2.87. The molecular weight excluding hydrogens is 302 g/mol. The van der Waals surface area contributed by atoms with Crippen LogP contribution < -0.4 is 15.4 Å². The summed E-state index contributed by atoms with van der Waals surface area (Å²) in [7, 11) is 0. The lowest BCUT2D eigenvalue weighted by Gasteiger charge is -2.34. The van der Waals surface area contributed by atoms with Crippen molar-refractivity contribution in [2.75, 3.05) is 18.5 Å². The predicted octanol–water partition coefficient (Wildman–Crippen LogP) is 0.400. The minimum Gasteiger partial charge on any atom is -0.493 e. The molecule has 23 heavy (non-hydrogen) atoms. The van der Waals surface area contributed by atoms with Crippen LogP contribution in [0.15, 0.2) is 41.1 Å². The van der Waals surface area contributed by atoms with E-state index in [4.69, 9.17) is 4.74 Å². The Labute approximate surface area is 131 Å². The third-order valence-corrected chi connectivity index (χ3v) is 3.59. The Bertz CT molecular complexity index is 716. The molecule has 2 aromatic rings. The van der Waals surface area contributed by atoms with Crippen LogP contribution in [0.4, 0.5) is 5.82 Å². The minimum absolute atomic E-state index is 0.0988. The van der Waals surface area contributed by atoms with Gasteiger partial charge in [-0.1, -0.05) is 23.4 Å². The lowest BCUT2D eigenvalue weighted by molar-refractivity contribution is -0.137. The maximum Gasteiger partial charge on any atom is 0.314 e. The number of rotatable bonds is 3. The first-order valence-electron chi connectivity index (χ1n) is 7.03. The summed E-state index contributed by atoms with van der Waals surface area (Å²) >= 11 is 0. The van der Waals surface area contributed by atoms with Gasteiger partial charge in [0.15, 0.2) is 5.82 Å². The van der Waals surface area contributed by atoms with Gasteiger partial charge in [0, 0.05) is 18.1 Å². The Balaban J connectivity index is 1.64. The monoisotopic (exact) mass is 317 g/mol. The fraction of sp³-hybridized carbons (Fsp3) is 0.267. The Morgan fingerprint density at radius 1 is 1.26 bits per heavy atom. The lowest BCUT2D eigenvalue weighted by atomic mass is 9.88. The number of hydrogen-bond acceptors (Lipinski definition) is 6. The highest BCUT2D eigenvalue weighted by Crippen LogP contribution is 2.36. The third kappa shape index (κ3) is 3.16. The van der Waals surface area contributed by atoms with Crippen molar-refractivity contribution in [3.05, 3.63) is 42.2 Å². The Morgan fingerprint density at radius 2 is 2.09 bits per heavy atom. The van der Waals surface area contributed by atoms with E-state index in [0.717, 1.165) is 0 Å². The number of fused-ring (bicyclic) bond motifs is 1. The second-order valence-corrected chi connectivity index (χ2v) is 5.15. The fourth-order valence-electron chi connectivity index (χ4n) is 2.38. The molecule has 120 valence electrons. The predicted molar refractivity (Wildman–Crippen MR) is 78.6 cm³/mol. The smallest absolute Gasteiger partial charge is 0.314 e. The molecule has 0 spiro atoms. The van der Waals surface area contributed by atoms with E-state index in [-0.39, 0.29) is 12.4 Å². The van der Waals surface area contributed by atoms with Gasteiger partial charge in [0.25, 0.3) is 0 Å². The summed E-state index contributed by atoms with van der Waals surface area (Å²) in [5.41, 5.74) is -0.693. The number of aliphatic hydroxyl groups is 1. The van der Waals surface area contributed by atoms with Crippen molar-refractivity contribution in [3.8, 4) is 5.75 Å². The standard InChI is InChI=1S/C15H15N3O5/c19-13(14(20)17-12-5-7-23-18-12)16-9-15(21)6-8-22-11-4-2-1-3-10(11)15/h1-5,7,21H,6,8-9H2,(H,16,19)(H,17,18,20). The minimum atomic E-state index is -1.28. The largest absolute Gasteiger partial charge is 0.493 e. The molecule has 1 aromatic carbocycles. The van der Waals surface area contributed by atoms with Crippen LogP contribution in [-0.4, -0.2) is 35.2 Å². The molecule has 2 amide bonds. The Kier molecular flexibility index (Phi) is 3.98. The van der Waals surface area contributed by atoms with Crippen molar-refractivity contribution in [3.63, 3.8) is 0 Å². The van der Waals surface area contributed by atoms with E-state index >= 15 is 0 Å². The first-order valence-corrected chi connectivity index (χ1v) is 7.03. The van der Waals surface area contributed by atoms with E-state index in [2.05, 4.69) is 20.3 Å². The van der Waals surface area contributed by atoms with Gasteiger partial charge in [-0.25, -0.2) is 0 Å². The van der Waals surface area contributed by atoms with E-state index in [1.807, 2.05) is 0 Å². The van der Waals surface area contributed by atoms with Gasteiger partial charge in [-0.15, -0.1) is 0 Å². The van der Waals surface area contributed by atoms with E-state index in [1.165, 1.54) is 12.3 Å². The van der Waals surface area contributed by atoms with Crippen LogP contribution in [0.25, 0.3) is 0 Å². The van der Waals surface area contributed by atoms with Crippen LogP contribution in [0.3, 0.4) is 0 Å². The van der Waals surface area contributed by atoms with Crippen molar-refractivity contribution in [1.29, 1.82) is 0 Å². The zero-order valence-electron chi connectivity index (χ0n) is 12.1. The molecule has 1 aliphatic heterocycles. The number of para-hydroxylation sites is 1. The lowest BCUT2D eigenvalue weighted by Crippen LogP contribution is -2.46. The molecule has 3 N–H and O–H groups in total. The number of nitrogens with zero attached hydrogens (tertiary/aromatic N) is 1. The average Bonchev–Trinajstić information content (AvgIpc) is 3.06. The van der Waals surface area contributed by atoms with Gasteiger partial charge in [-0.2, -0.15) is 0 Å². The molecule has 1 aliphatic rings. The third-order valence-electron chi connectivity index (χ3n) is 3.59. The fourth-order valence-corrected chi connectivity index (χ4v) is 2.38. The number of anilines is 1. The highest BCUT2D eigenvalue weighted by molar-refractivity contribution is 6.39. The van der Waals surface area contributed by atoms with Crippen molar-refractivity contribution < 1.29 is 24.0 Å². The molecule has 0 bridgehead atoms. The summed E-state index contributed by atoms with van der Waals surface area (Å²) < 4.78 is 10.0. The number of benzene rings is 1. The van der Waals surface area contributed by atoms with Crippen LogP contribution in [0, 0.1) is 0 Å². The molecule has 0 fully saturated rings. The van der Waals surface area contributed by atoms with Gasteiger partial charge in [0.1, 0.15) is 17.6 Å². The normalized spacial score (nSPS) is 19.3. The van der Waals surface area contributed by atoms with Crippen LogP contribution in [0.1, 0.15) is 12.0 Å². The number of carbonyl (C=O) groups excluding carboxylic acids is 2. The SMILES string of the molecule is O=C(NCC1(O)CCOc2ccccc21)C(=O)Nc1ccon1. The highest BCUT2D eigenvalue weighted by Gasteiger charge is 2.36. The van der Waals surface area contributed by atoms with Gasteiger partial charge in [0.05, 0.1) is 13.2 Å². The first-order chi connectivity index (χ1) is 11.1. The summed E-state index contributed by atoms with van der Waals surface area (Å²) in [6.45, 7) is 0.229. The molecule has 0 aliphatic carbocycles. The Morgan fingerprint density at radius 3 is 2.87 bits per heavy atom. The highest BCUT2D eigenvalue weighted by atomic mass is 16.5. The summed E-state index contributed by atoms with van der Waals surface area (Å²) in [6.07, 6.45) is 1.59. The molecule has 8 heteroatoms. The molecule has 1 aromatic heterocycles. The van der Waals surface area contributed by atoms with E-state index in [9.17, 15) is 14.7 Å². The van der Waals surface area contributed by atoms with E-state index in [1.54, 1.807) is 24.3 Å². The van der Waals surface area contributed by atoms with Crippen LogP contribution in [-0.2, 0) is 15.2 Å². The summed E-state index contributed by atoms with van der Waals surface area (Å²) in [6, 6.07) is 8.47. The molecule has 3 rings (SSSR count). The molecule has 2 heterocycles. The second-order valence-electron chi connectivity index (χ2n) is 5.15. The number of aromatic nitrogens is 1. The average molecular weight is 317 g/mol. The molecule has 8 nitrogen and oxygen atoms in total. The number of carbonyl (C=O) groups is 2. The maximum atomic E-state index is 11.8. The number of nitrogens with one attached hydrogen (secondary N) is 2. The number of ether oxygens (including phenoxy) is 1. The zero-order valence-corrected chi connectivity index (χ0v) is 12.1. The van der Waals surface area contributed by atoms with Crippen molar-refractivity contribution in [2.45, 2.75) is 12.0 Å². The van der Waals surface area contributed by atoms with Crippen molar-refractivity contribution in [1.82, 2.24) is 10.5 Å². The van der Waals surface area contributed by atoms with Gasteiger partial charge >= 0.3 is 11.8 Å². The molecule has 1 atom stereocenters. The van der Waals surface area contributed by atoms with Gasteiger partial charge in [-0.3, -0.25) is 14.9 Å².